The highest BCUT2D eigenvalue weighted by Gasteiger charge is 2.64. The van der Waals surface area contributed by atoms with E-state index >= 15 is 0 Å². The van der Waals surface area contributed by atoms with Gasteiger partial charge >= 0.3 is 0 Å². The summed E-state index contributed by atoms with van der Waals surface area (Å²) in [6.45, 7) is 4.83. The van der Waals surface area contributed by atoms with E-state index in [2.05, 4.69) is 10.5 Å². The fourth-order valence-electron chi connectivity index (χ4n) is 6.91. The van der Waals surface area contributed by atoms with Crippen molar-refractivity contribution in [3.05, 3.63) is 51.9 Å². The second kappa shape index (κ2) is 10.1. The average molecular weight is 580 g/mol. The van der Waals surface area contributed by atoms with Crippen LogP contribution in [0, 0.1) is 11.8 Å². The number of fused-ring (bicyclic) bond motifs is 3. The number of nitrogens with zero attached hydrogens (tertiary/aromatic N) is 1. The van der Waals surface area contributed by atoms with Crippen molar-refractivity contribution < 1.29 is 44.1 Å². The van der Waals surface area contributed by atoms with Crippen LogP contribution in [0.1, 0.15) is 55.8 Å². The lowest BCUT2D eigenvalue weighted by Gasteiger charge is -2.49. The van der Waals surface area contributed by atoms with Crippen molar-refractivity contribution in [2.24, 2.45) is 17.6 Å². The molecule has 6 rings (SSSR count). The van der Waals surface area contributed by atoms with Gasteiger partial charge in [0.25, 0.3) is 5.91 Å². The molecule has 2 heterocycles. The van der Waals surface area contributed by atoms with Crippen LogP contribution in [0.2, 0.25) is 0 Å². The van der Waals surface area contributed by atoms with Crippen molar-refractivity contribution in [2.75, 3.05) is 13.2 Å². The SMILES string of the molecule is CC(C)c1cc(-c2ccc(O)c3c2CC2CC4C(NC5CCOCC5)C(=O)C(C(N)=O)=C(O)C4(O)C(=O)C2=C3O)on1. The van der Waals surface area contributed by atoms with Crippen molar-refractivity contribution in [1.29, 1.82) is 0 Å². The van der Waals surface area contributed by atoms with E-state index in [9.17, 15) is 34.8 Å². The number of aromatic nitrogens is 1. The van der Waals surface area contributed by atoms with Crippen LogP contribution in [-0.4, -0.2) is 74.0 Å². The largest absolute Gasteiger partial charge is 0.508 e. The maximum absolute atomic E-state index is 14.1. The number of aliphatic hydroxyl groups is 3. The van der Waals surface area contributed by atoms with Crippen molar-refractivity contribution in [2.45, 2.75) is 63.1 Å². The van der Waals surface area contributed by atoms with Gasteiger partial charge in [-0.25, -0.2) is 0 Å². The summed E-state index contributed by atoms with van der Waals surface area (Å²) < 4.78 is 11.0. The first-order valence-corrected chi connectivity index (χ1v) is 14.1. The number of carbonyl (C=O) groups is 3. The number of rotatable bonds is 5. The van der Waals surface area contributed by atoms with Gasteiger partial charge in [-0.15, -0.1) is 0 Å². The molecule has 4 aliphatic rings. The zero-order chi connectivity index (χ0) is 30.1. The normalized spacial score (nSPS) is 28.1. The molecule has 2 fully saturated rings. The van der Waals surface area contributed by atoms with E-state index in [1.54, 1.807) is 12.1 Å². The highest BCUT2D eigenvalue weighted by Crippen LogP contribution is 2.53. The number of aromatic hydroxyl groups is 1. The standard InChI is InChI=1S/C30H33N3O9/c1-12(2)18-11-20(42-33-18)15-3-4-19(34)22-16(15)9-13-10-17-24(32-14-5-7-41-8-6-14)26(36)23(29(31)39)28(38)30(17,40)27(37)21(13)25(22)35/h3-4,11-14,17,24,32,34-35,38,40H,5-10H2,1-2H3,(H2,31,39). The zero-order valence-corrected chi connectivity index (χ0v) is 23.2. The number of nitrogens with two attached hydrogens (primary N) is 1. The first-order chi connectivity index (χ1) is 19.9. The van der Waals surface area contributed by atoms with Crippen LogP contribution < -0.4 is 11.1 Å². The Morgan fingerprint density at radius 1 is 1.17 bits per heavy atom. The van der Waals surface area contributed by atoms with E-state index in [0.29, 0.717) is 42.9 Å². The van der Waals surface area contributed by atoms with Crippen LogP contribution in [0.25, 0.3) is 17.1 Å². The summed E-state index contributed by atoms with van der Waals surface area (Å²) in [6, 6.07) is 3.37. The maximum atomic E-state index is 14.1. The molecule has 1 saturated heterocycles. The number of carbonyl (C=O) groups excluding carboxylic acids is 3. The van der Waals surface area contributed by atoms with Crippen LogP contribution >= 0.6 is 0 Å². The zero-order valence-electron chi connectivity index (χ0n) is 23.2. The van der Waals surface area contributed by atoms with Crippen LogP contribution in [0.4, 0.5) is 0 Å². The lowest BCUT2D eigenvalue weighted by molar-refractivity contribution is -0.150. The third kappa shape index (κ3) is 4.08. The van der Waals surface area contributed by atoms with E-state index in [0.717, 1.165) is 5.69 Å². The Balaban J connectivity index is 1.49. The predicted octanol–water partition coefficient (Wildman–Crippen LogP) is 1.95. The fourth-order valence-corrected chi connectivity index (χ4v) is 6.91. The Kier molecular flexibility index (Phi) is 6.75. The molecule has 2 aromatic rings. The van der Waals surface area contributed by atoms with Crippen molar-refractivity contribution in [1.82, 2.24) is 10.5 Å². The Bertz CT molecular complexity index is 1570. The quantitative estimate of drug-likeness (QED) is 0.282. The molecule has 1 aliphatic heterocycles. The number of primary amides is 1. The molecule has 7 N–H and O–H groups in total. The number of phenols is 1. The molecule has 3 aliphatic carbocycles. The number of ketones is 2. The van der Waals surface area contributed by atoms with Gasteiger partial charge in [-0.05, 0) is 55.2 Å². The Morgan fingerprint density at radius 2 is 1.88 bits per heavy atom. The van der Waals surface area contributed by atoms with E-state index in [1.165, 1.54) is 6.07 Å². The second-order valence-corrected chi connectivity index (χ2v) is 11.8. The number of amides is 1. The minimum Gasteiger partial charge on any atom is -0.508 e. The Morgan fingerprint density at radius 3 is 2.52 bits per heavy atom. The summed E-state index contributed by atoms with van der Waals surface area (Å²) in [7, 11) is 0. The summed E-state index contributed by atoms with van der Waals surface area (Å²) in [5.41, 5.74) is 3.49. The third-order valence-electron chi connectivity index (χ3n) is 9.10. The molecule has 12 heteroatoms. The lowest BCUT2D eigenvalue weighted by Crippen LogP contribution is -2.67. The molecule has 1 aromatic carbocycles. The van der Waals surface area contributed by atoms with Gasteiger partial charge in [-0.2, -0.15) is 0 Å². The first kappa shape index (κ1) is 28.1. The molecule has 0 bridgehead atoms. The predicted molar refractivity (Wildman–Crippen MR) is 147 cm³/mol. The van der Waals surface area contributed by atoms with Gasteiger partial charge in [0, 0.05) is 42.4 Å². The van der Waals surface area contributed by atoms with E-state index in [-0.39, 0.29) is 41.7 Å². The minimum absolute atomic E-state index is 0.000919. The van der Waals surface area contributed by atoms with Gasteiger partial charge in [0.2, 0.25) is 5.78 Å². The smallest absolute Gasteiger partial charge is 0.255 e. The number of ether oxygens (including phenoxy) is 1. The van der Waals surface area contributed by atoms with E-state index in [1.807, 2.05) is 13.8 Å². The number of phenolic OH excluding ortho intramolecular Hbond substituents is 1. The van der Waals surface area contributed by atoms with Crippen LogP contribution in [0.3, 0.4) is 0 Å². The number of hydrogen-bond acceptors (Lipinski definition) is 11. The summed E-state index contributed by atoms with van der Waals surface area (Å²) >= 11 is 0. The molecule has 0 spiro atoms. The molecular formula is C30H33N3O9. The number of hydrogen-bond donors (Lipinski definition) is 6. The second-order valence-electron chi connectivity index (χ2n) is 11.8. The average Bonchev–Trinajstić information content (AvgIpc) is 3.44. The summed E-state index contributed by atoms with van der Waals surface area (Å²) in [5, 5.41) is 52.6. The number of benzene rings is 1. The lowest BCUT2D eigenvalue weighted by atomic mass is 9.57. The molecule has 42 heavy (non-hydrogen) atoms. The molecule has 1 aromatic heterocycles. The monoisotopic (exact) mass is 579 g/mol. The minimum atomic E-state index is -2.71. The molecule has 4 atom stereocenters. The highest BCUT2D eigenvalue weighted by molar-refractivity contribution is 6.24. The Labute approximate surface area is 240 Å². The van der Waals surface area contributed by atoms with Crippen molar-refractivity contribution in [3.8, 4) is 17.1 Å². The first-order valence-electron chi connectivity index (χ1n) is 14.1. The van der Waals surface area contributed by atoms with Gasteiger partial charge in [0.05, 0.1) is 17.3 Å². The van der Waals surface area contributed by atoms with Gasteiger partial charge in [-0.1, -0.05) is 19.0 Å². The summed E-state index contributed by atoms with van der Waals surface area (Å²) in [4.78, 5) is 40.0. The van der Waals surface area contributed by atoms with Gasteiger partial charge in [0.1, 0.15) is 22.8 Å². The molecule has 222 valence electrons. The maximum Gasteiger partial charge on any atom is 0.255 e. The summed E-state index contributed by atoms with van der Waals surface area (Å²) in [5.74, 6) is -6.46. The van der Waals surface area contributed by atoms with E-state index < -0.39 is 58.0 Å². The fraction of sp³-hybridized carbons (Fsp3) is 0.467. The molecule has 1 amide bonds. The number of nitrogens with one attached hydrogen (secondary N) is 1. The topological polar surface area (TPSA) is 205 Å². The molecular weight excluding hydrogens is 546 g/mol. The van der Waals surface area contributed by atoms with Gasteiger partial charge < -0.3 is 40.7 Å². The third-order valence-corrected chi connectivity index (χ3v) is 9.10. The molecule has 0 radical (unpaired) electrons. The highest BCUT2D eigenvalue weighted by atomic mass is 16.5. The molecule has 12 nitrogen and oxygen atoms in total. The summed E-state index contributed by atoms with van der Waals surface area (Å²) in [6.07, 6.45) is 1.27. The van der Waals surface area contributed by atoms with Crippen LogP contribution in [0.15, 0.2) is 39.6 Å². The molecule has 4 unspecified atom stereocenters. The van der Waals surface area contributed by atoms with Gasteiger partial charge in [0.15, 0.2) is 17.1 Å². The van der Waals surface area contributed by atoms with Crippen molar-refractivity contribution in [3.63, 3.8) is 0 Å². The van der Waals surface area contributed by atoms with Crippen LogP contribution in [0.5, 0.6) is 5.75 Å². The number of Topliss-reactive ketones (excluding diaryl/α,β-unsaturated/α-hetero) is 2. The van der Waals surface area contributed by atoms with E-state index in [4.69, 9.17) is 15.0 Å². The Hall–Kier alpha value is -4.00. The van der Waals surface area contributed by atoms with Gasteiger partial charge in [-0.3, -0.25) is 14.4 Å². The number of aliphatic hydroxyl groups excluding tert-OH is 2. The van der Waals surface area contributed by atoms with Crippen molar-refractivity contribution >= 4 is 23.2 Å². The molecule has 1 saturated carbocycles. The van der Waals surface area contributed by atoms with Crippen LogP contribution in [-0.2, 0) is 25.5 Å².